The number of carbonyl (C=O) groups is 1. The fourth-order valence-electron chi connectivity index (χ4n) is 2.56. The van der Waals surface area contributed by atoms with Crippen molar-refractivity contribution in [2.75, 3.05) is 45.9 Å². The number of morpholine rings is 1. The molecule has 128 valence electrons. The number of benzene rings is 1. The highest BCUT2D eigenvalue weighted by Crippen LogP contribution is 2.06. The molecule has 0 aliphatic carbocycles. The number of rotatable bonds is 8. The molecule has 2 amide bonds. The summed E-state index contributed by atoms with van der Waals surface area (Å²) in [5.74, 6) is -0.224. The van der Waals surface area contributed by atoms with Crippen molar-refractivity contribution in [3.8, 4) is 0 Å². The van der Waals surface area contributed by atoms with E-state index < -0.39 is 0 Å². The Morgan fingerprint density at radius 3 is 2.65 bits per heavy atom. The molecule has 0 radical (unpaired) electrons. The Kier molecular flexibility index (Phi) is 7.83. The average Bonchev–Trinajstić information content (AvgIpc) is 2.57. The van der Waals surface area contributed by atoms with Crippen molar-refractivity contribution in [2.45, 2.75) is 19.3 Å². The first-order valence-corrected chi connectivity index (χ1v) is 8.31. The first-order valence-electron chi connectivity index (χ1n) is 8.31. The fourth-order valence-corrected chi connectivity index (χ4v) is 2.56. The third-order valence-electron chi connectivity index (χ3n) is 3.93. The van der Waals surface area contributed by atoms with Crippen LogP contribution in [0.3, 0.4) is 0 Å². The van der Waals surface area contributed by atoms with Gasteiger partial charge in [0.1, 0.15) is 5.82 Å². The first kappa shape index (κ1) is 17.7. The normalized spacial score (nSPS) is 15.3. The lowest BCUT2D eigenvalue weighted by atomic mass is 10.1. The number of nitrogens with zero attached hydrogens (tertiary/aromatic N) is 1. The summed E-state index contributed by atoms with van der Waals surface area (Å²) in [6, 6.07) is 6.44. The summed E-state index contributed by atoms with van der Waals surface area (Å²) in [7, 11) is 0. The Morgan fingerprint density at radius 2 is 1.87 bits per heavy atom. The second-order valence-electron chi connectivity index (χ2n) is 5.69. The molecule has 1 saturated heterocycles. The molecule has 0 aromatic heterocycles. The molecule has 0 unspecified atom stereocenters. The van der Waals surface area contributed by atoms with Crippen LogP contribution in [0.2, 0.25) is 0 Å². The molecule has 6 heteroatoms. The summed E-state index contributed by atoms with van der Waals surface area (Å²) in [5, 5.41) is 5.59. The third-order valence-corrected chi connectivity index (χ3v) is 3.93. The summed E-state index contributed by atoms with van der Waals surface area (Å²) < 4.78 is 18.7. The molecule has 1 fully saturated rings. The van der Waals surface area contributed by atoms with Gasteiger partial charge in [0.05, 0.1) is 13.2 Å². The molecule has 1 aromatic rings. The lowest BCUT2D eigenvalue weighted by Gasteiger charge is -2.26. The van der Waals surface area contributed by atoms with Gasteiger partial charge in [0.15, 0.2) is 0 Å². The van der Waals surface area contributed by atoms with Gasteiger partial charge in [-0.2, -0.15) is 0 Å². The molecule has 0 spiro atoms. The monoisotopic (exact) mass is 323 g/mol. The molecule has 23 heavy (non-hydrogen) atoms. The van der Waals surface area contributed by atoms with Crippen LogP contribution in [0.25, 0.3) is 0 Å². The molecule has 2 N–H and O–H groups in total. The predicted octanol–water partition coefficient (Wildman–Crippen LogP) is 1.78. The van der Waals surface area contributed by atoms with Gasteiger partial charge in [-0.15, -0.1) is 0 Å². The van der Waals surface area contributed by atoms with Crippen LogP contribution < -0.4 is 10.6 Å². The minimum atomic E-state index is -0.224. The van der Waals surface area contributed by atoms with Gasteiger partial charge in [-0.25, -0.2) is 9.18 Å². The molecule has 1 aliphatic rings. The SMILES string of the molecule is O=C(NCCCCN1CCOCC1)NCCc1ccccc1F. The minimum absolute atomic E-state index is 0.187. The summed E-state index contributed by atoms with van der Waals surface area (Å²) in [4.78, 5) is 14.0. The van der Waals surface area contributed by atoms with Gasteiger partial charge >= 0.3 is 6.03 Å². The Bertz CT molecular complexity index is 479. The van der Waals surface area contributed by atoms with E-state index in [-0.39, 0.29) is 11.8 Å². The molecule has 5 nitrogen and oxygen atoms in total. The minimum Gasteiger partial charge on any atom is -0.379 e. The van der Waals surface area contributed by atoms with E-state index in [4.69, 9.17) is 4.74 Å². The van der Waals surface area contributed by atoms with Gasteiger partial charge in [-0.05, 0) is 37.4 Å². The van der Waals surface area contributed by atoms with E-state index in [0.717, 1.165) is 45.7 Å². The predicted molar refractivity (Wildman–Crippen MR) is 88.0 cm³/mol. The number of hydrogen-bond donors (Lipinski definition) is 2. The Hall–Kier alpha value is -1.66. The number of halogens is 1. The standard InChI is InChI=1S/C17H26FN3O2/c18-16-6-2-1-5-15(16)7-9-20-17(22)19-8-3-4-10-21-11-13-23-14-12-21/h1-2,5-6H,3-4,7-14H2,(H2,19,20,22). The third kappa shape index (κ3) is 6.97. The van der Waals surface area contributed by atoms with Crippen LogP contribution in [0, 0.1) is 5.82 Å². The zero-order chi connectivity index (χ0) is 16.3. The maximum absolute atomic E-state index is 13.4. The van der Waals surface area contributed by atoms with Crippen LogP contribution in [-0.4, -0.2) is 56.9 Å². The van der Waals surface area contributed by atoms with E-state index in [1.165, 1.54) is 6.07 Å². The highest BCUT2D eigenvalue weighted by molar-refractivity contribution is 5.73. The van der Waals surface area contributed by atoms with E-state index in [0.29, 0.717) is 25.1 Å². The summed E-state index contributed by atoms with van der Waals surface area (Å²) in [5.41, 5.74) is 0.623. The fraction of sp³-hybridized carbons (Fsp3) is 0.588. The van der Waals surface area contributed by atoms with Gasteiger partial charge in [0.25, 0.3) is 0 Å². The van der Waals surface area contributed by atoms with Crippen LogP contribution in [0.5, 0.6) is 0 Å². The molecular formula is C17H26FN3O2. The Labute approximate surface area is 137 Å². The molecule has 0 atom stereocenters. The topological polar surface area (TPSA) is 53.6 Å². The van der Waals surface area contributed by atoms with E-state index in [2.05, 4.69) is 15.5 Å². The Morgan fingerprint density at radius 1 is 1.13 bits per heavy atom. The van der Waals surface area contributed by atoms with Crippen molar-refractivity contribution in [1.29, 1.82) is 0 Å². The number of unbranched alkanes of at least 4 members (excludes halogenated alkanes) is 1. The first-order chi connectivity index (χ1) is 11.3. The molecule has 1 heterocycles. The molecule has 1 aromatic carbocycles. The van der Waals surface area contributed by atoms with Crippen molar-refractivity contribution in [1.82, 2.24) is 15.5 Å². The largest absolute Gasteiger partial charge is 0.379 e. The maximum Gasteiger partial charge on any atom is 0.314 e. The molecule has 0 saturated carbocycles. The lowest BCUT2D eigenvalue weighted by Crippen LogP contribution is -2.38. The number of amides is 2. The highest BCUT2D eigenvalue weighted by atomic mass is 19.1. The van der Waals surface area contributed by atoms with E-state index in [1.807, 2.05) is 0 Å². The smallest absolute Gasteiger partial charge is 0.314 e. The van der Waals surface area contributed by atoms with Crippen molar-refractivity contribution in [2.24, 2.45) is 0 Å². The number of urea groups is 1. The maximum atomic E-state index is 13.4. The zero-order valence-electron chi connectivity index (χ0n) is 13.5. The van der Waals surface area contributed by atoms with Crippen molar-refractivity contribution in [3.05, 3.63) is 35.6 Å². The van der Waals surface area contributed by atoms with E-state index in [1.54, 1.807) is 18.2 Å². The van der Waals surface area contributed by atoms with Crippen LogP contribution in [0.4, 0.5) is 9.18 Å². The molecule has 2 rings (SSSR count). The van der Waals surface area contributed by atoms with Crippen molar-refractivity contribution in [3.63, 3.8) is 0 Å². The van der Waals surface area contributed by atoms with Gasteiger partial charge in [-0.3, -0.25) is 4.90 Å². The average molecular weight is 323 g/mol. The highest BCUT2D eigenvalue weighted by Gasteiger charge is 2.09. The van der Waals surface area contributed by atoms with E-state index >= 15 is 0 Å². The van der Waals surface area contributed by atoms with Crippen molar-refractivity contribution < 1.29 is 13.9 Å². The van der Waals surface area contributed by atoms with Crippen molar-refractivity contribution >= 4 is 6.03 Å². The lowest BCUT2D eigenvalue weighted by molar-refractivity contribution is 0.0372. The molecule has 1 aliphatic heterocycles. The quantitative estimate of drug-likeness (QED) is 0.717. The van der Waals surface area contributed by atoms with Crippen LogP contribution >= 0.6 is 0 Å². The summed E-state index contributed by atoms with van der Waals surface area (Å²) in [6.07, 6.45) is 2.52. The number of nitrogens with one attached hydrogen (secondary N) is 2. The summed E-state index contributed by atoms with van der Waals surface area (Å²) >= 11 is 0. The van der Waals surface area contributed by atoms with Crippen LogP contribution in [0.15, 0.2) is 24.3 Å². The molecule has 0 bridgehead atoms. The molecular weight excluding hydrogens is 297 g/mol. The number of carbonyl (C=O) groups excluding carboxylic acids is 1. The summed E-state index contributed by atoms with van der Waals surface area (Å²) in [6.45, 7) is 5.80. The van der Waals surface area contributed by atoms with Gasteiger partial charge in [0, 0.05) is 26.2 Å². The van der Waals surface area contributed by atoms with Gasteiger partial charge < -0.3 is 15.4 Å². The van der Waals surface area contributed by atoms with Crippen LogP contribution in [0.1, 0.15) is 18.4 Å². The van der Waals surface area contributed by atoms with E-state index in [9.17, 15) is 9.18 Å². The Balaban J connectivity index is 1.47. The van der Waals surface area contributed by atoms with Gasteiger partial charge in [-0.1, -0.05) is 18.2 Å². The van der Waals surface area contributed by atoms with Crippen LogP contribution in [-0.2, 0) is 11.2 Å². The second kappa shape index (κ2) is 10.2. The van der Waals surface area contributed by atoms with Gasteiger partial charge in [0.2, 0.25) is 0 Å². The second-order valence-corrected chi connectivity index (χ2v) is 5.69. The number of ether oxygens (including phenoxy) is 1. The zero-order valence-corrected chi connectivity index (χ0v) is 13.5. The number of hydrogen-bond acceptors (Lipinski definition) is 3.